The molecule has 8 nitrogen and oxygen atoms in total. The number of likely N-dealkylation sites (N-methyl/N-ethyl adjacent to an activating group) is 1. The maximum Gasteiger partial charge on any atom is 0.321 e. The average Bonchev–Trinajstić information content (AvgIpc) is 3.15. The summed E-state index contributed by atoms with van der Waals surface area (Å²) in [4.78, 5) is 18.2. The van der Waals surface area contributed by atoms with Gasteiger partial charge in [0.1, 0.15) is 11.6 Å². The van der Waals surface area contributed by atoms with E-state index in [9.17, 15) is 4.79 Å². The lowest BCUT2D eigenvalue weighted by molar-refractivity contribution is 0.188. The second-order valence-electron chi connectivity index (χ2n) is 4.83. The van der Waals surface area contributed by atoms with Gasteiger partial charge >= 0.3 is 6.03 Å². The Hall–Kier alpha value is -2.35. The Morgan fingerprint density at radius 2 is 2.23 bits per heavy atom. The Morgan fingerprint density at radius 1 is 1.45 bits per heavy atom. The number of aromatic amines is 1. The third kappa shape index (κ3) is 4.08. The molecular formula is C14H22N6O2. The fourth-order valence-electron chi connectivity index (χ4n) is 2.29. The summed E-state index contributed by atoms with van der Waals surface area (Å²) in [6.45, 7) is 8.09. The van der Waals surface area contributed by atoms with E-state index in [-0.39, 0.29) is 18.0 Å². The fraction of sp³-hybridized carbons (Fsp3) is 0.500. The highest BCUT2D eigenvalue weighted by Gasteiger charge is 2.21. The first kappa shape index (κ1) is 16.0. The van der Waals surface area contributed by atoms with Crippen molar-refractivity contribution in [1.82, 2.24) is 25.4 Å². The summed E-state index contributed by atoms with van der Waals surface area (Å²) in [5.41, 5.74) is 0. The van der Waals surface area contributed by atoms with E-state index >= 15 is 0 Å². The van der Waals surface area contributed by atoms with Crippen LogP contribution in [0.25, 0.3) is 0 Å². The summed E-state index contributed by atoms with van der Waals surface area (Å²) in [5.74, 6) is 1.73. The number of furan rings is 1. The van der Waals surface area contributed by atoms with Gasteiger partial charge in [0.15, 0.2) is 0 Å². The van der Waals surface area contributed by atoms with Gasteiger partial charge in [0.05, 0.1) is 12.3 Å². The zero-order chi connectivity index (χ0) is 15.9. The first-order valence-electron chi connectivity index (χ1n) is 7.35. The van der Waals surface area contributed by atoms with Crippen LogP contribution < -0.4 is 10.6 Å². The molecule has 2 heterocycles. The standard InChI is InChI=1S/C14H22N6O2/c1-4-20(5-2)11(12-7-6-8-22-12)9-15-14(21)17-13-16-10(3)18-19-13/h6-8,11H,4-5,9H2,1-3H3,(H3,15,16,17,18,19,21). The molecule has 0 bridgehead atoms. The number of urea groups is 1. The van der Waals surface area contributed by atoms with Crippen LogP contribution in [-0.2, 0) is 0 Å². The Bertz CT molecular complexity index is 576. The number of carbonyl (C=O) groups excluding carboxylic acids is 1. The zero-order valence-corrected chi connectivity index (χ0v) is 13.1. The number of H-pyrrole nitrogens is 1. The largest absolute Gasteiger partial charge is 0.468 e. The quantitative estimate of drug-likeness (QED) is 0.725. The molecule has 2 aromatic heterocycles. The molecule has 3 N–H and O–H groups in total. The average molecular weight is 306 g/mol. The molecular weight excluding hydrogens is 284 g/mol. The van der Waals surface area contributed by atoms with Crippen LogP contribution in [0.2, 0.25) is 0 Å². The highest BCUT2D eigenvalue weighted by atomic mass is 16.3. The van der Waals surface area contributed by atoms with E-state index in [1.165, 1.54) is 0 Å². The van der Waals surface area contributed by atoms with Crippen molar-refractivity contribution in [2.75, 3.05) is 25.0 Å². The van der Waals surface area contributed by atoms with Gasteiger partial charge < -0.3 is 9.73 Å². The van der Waals surface area contributed by atoms with Crippen molar-refractivity contribution in [3.8, 4) is 0 Å². The summed E-state index contributed by atoms with van der Waals surface area (Å²) in [6.07, 6.45) is 1.64. The number of carbonyl (C=O) groups is 1. The predicted octanol–water partition coefficient (Wildman–Crippen LogP) is 1.91. The van der Waals surface area contributed by atoms with E-state index in [1.54, 1.807) is 13.2 Å². The molecule has 0 aromatic carbocycles. The fourth-order valence-corrected chi connectivity index (χ4v) is 2.29. The van der Waals surface area contributed by atoms with Crippen molar-refractivity contribution in [2.24, 2.45) is 0 Å². The molecule has 0 radical (unpaired) electrons. The minimum absolute atomic E-state index is 0.00960. The van der Waals surface area contributed by atoms with Crippen LogP contribution in [0.15, 0.2) is 22.8 Å². The molecule has 1 atom stereocenters. The van der Waals surface area contributed by atoms with Gasteiger partial charge in [-0.25, -0.2) is 4.79 Å². The van der Waals surface area contributed by atoms with E-state index in [0.29, 0.717) is 12.4 Å². The van der Waals surface area contributed by atoms with Crippen molar-refractivity contribution in [3.05, 3.63) is 30.0 Å². The molecule has 120 valence electrons. The zero-order valence-electron chi connectivity index (χ0n) is 13.1. The molecule has 0 fully saturated rings. The van der Waals surface area contributed by atoms with Crippen LogP contribution in [0, 0.1) is 6.92 Å². The minimum atomic E-state index is -0.345. The number of rotatable bonds is 7. The molecule has 1 unspecified atom stereocenters. The van der Waals surface area contributed by atoms with Crippen molar-refractivity contribution >= 4 is 12.0 Å². The Labute approximate surface area is 129 Å². The summed E-state index contributed by atoms with van der Waals surface area (Å²) >= 11 is 0. The molecule has 2 amide bonds. The maximum atomic E-state index is 11.9. The lowest BCUT2D eigenvalue weighted by Crippen LogP contribution is -2.39. The predicted molar refractivity (Wildman–Crippen MR) is 82.5 cm³/mol. The van der Waals surface area contributed by atoms with Crippen molar-refractivity contribution in [2.45, 2.75) is 26.8 Å². The SMILES string of the molecule is CCN(CC)C(CNC(=O)Nc1n[nH]c(C)n1)c1ccco1. The van der Waals surface area contributed by atoms with Crippen LogP contribution >= 0.6 is 0 Å². The maximum absolute atomic E-state index is 11.9. The second kappa shape index (κ2) is 7.60. The van der Waals surface area contributed by atoms with Gasteiger partial charge in [-0.05, 0) is 32.1 Å². The molecule has 2 aromatic rings. The molecule has 0 aliphatic carbocycles. The Kier molecular flexibility index (Phi) is 5.54. The van der Waals surface area contributed by atoms with E-state index < -0.39 is 0 Å². The number of nitrogens with zero attached hydrogens (tertiary/aromatic N) is 3. The normalized spacial score (nSPS) is 12.4. The molecule has 0 spiro atoms. The Morgan fingerprint density at radius 3 is 2.77 bits per heavy atom. The summed E-state index contributed by atoms with van der Waals surface area (Å²) in [6, 6.07) is 3.41. The highest BCUT2D eigenvalue weighted by Crippen LogP contribution is 2.20. The van der Waals surface area contributed by atoms with E-state index in [1.807, 2.05) is 12.1 Å². The molecule has 8 heteroatoms. The van der Waals surface area contributed by atoms with Gasteiger partial charge in [-0.3, -0.25) is 15.3 Å². The number of hydrogen-bond donors (Lipinski definition) is 3. The third-order valence-corrected chi connectivity index (χ3v) is 3.40. The molecule has 0 saturated heterocycles. The molecule has 0 saturated carbocycles. The van der Waals surface area contributed by atoms with Gasteiger partial charge in [0.2, 0.25) is 5.95 Å². The van der Waals surface area contributed by atoms with E-state index in [2.05, 4.69) is 44.6 Å². The lowest BCUT2D eigenvalue weighted by Gasteiger charge is -2.28. The Balaban J connectivity index is 1.94. The molecule has 0 aliphatic heterocycles. The number of nitrogens with one attached hydrogen (secondary N) is 3. The first-order valence-corrected chi connectivity index (χ1v) is 7.35. The summed E-state index contributed by atoms with van der Waals surface area (Å²) in [7, 11) is 0. The van der Waals surface area contributed by atoms with Crippen molar-refractivity contribution < 1.29 is 9.21 Å². The van der Waals surface area contributed by atoms with E-state index in [4.69, 9.17) is 4.42 Å². The number of anilines is 1. The second-order valence-corrected chi connectivity index (χ2v) is 4.83. The van der Waals surface area contributed by atoms with Crippen molar-refractivity contribution in [1.29, 1.82) is 0 Å². The summed E-state index contributed by atoms with van der Waals surface area (Å²) in [5, 5.41) is 12.0. The van der Waals surface area contributed by atoms with Crippen LogP contribution in [0.1, 0.15) is 31.5 Å². The number of aryl methyl sites for hydroxylation is 1. The van der Waals surface area contributed by atoms with E-state index in [0.717, 1.165) is 18.8 Å². The van der Waals surface area contributed by atoms with Crippen LogP contribution in [0.4, 0.5) is 10.7 Å². The van der Waals surface area contributed by atoms with Gasteiger partial charge in [0, 0.05) is 6.54 Å². The topological polar surface area (TPSA) is 99.1 Å². The molecule has 2 rings (SSSR count). The van der Waals surface area contributed by atoms with Crippen LogP contribution in [0.3, 0.4) is 0 Å². The number of aromatic nitrogens is 3. The van der Waals surface area contributed by atoms with Crippen LogP contribution in [-0.4, -0.2) is 45.7 Å². The van der Waals surface area contributed by atoms with Gasteiger partial charge in [-0.15, -0.1) is 5.10 Å². The molecule has 0 aliphatic rings. The first-order chi connectivity index (χ1) is 10.6. The number of amides is 2. The highest BCUT2D eigenvalue weighted by molar-refractivity contribution is 5.87. The monoisotopic (exact) mass is 306 g/mol. The van der Waals surface area contributed by atoms with Crippen LogP contribution in [0.5, 0.6) is 0 Å². The van der Waals surface area contributed by atoms with Gasteiger partial charge in [0.25, 0.3) is 0 Å². The summed E-state index contributed by atoms with van der Waals surface area (Å²) < 4.78 is 5.49. The third-order valence-electron chi connectivity index (χ3n) is 3.40. The molecule has 22 heavy (non-hydrogen) atoms. The number of hydrogen-bond acceptors (Lipinski definition) is 5. The lowest BCUT2D eigenvalue weighted by atomic mass is 10.2. The van der Waals surface area contributed by atoms with Crippen molar-refractivity contribution in [3.63, 3.8) is 0 Å². The van der Waals surface area contributed by atoms with Gasteiger partial charge in [-0.2, -0.15) is 4.98 Å². The van der Waals surface area contributed by atoms with Gasteiger partial charge in [-0.1, -0.05) is 13.8 Å². The minimum Gasteiger partial charge on any atom is -0.468 e. The smallest absolute Gasteiger partial charge is 0.321 e.